The zero-order valence-electron chi connectivity index (χ0n) is 13.6. The maximum absolute atomic E-state index is 10.6. The van der Waals surface area contributed by atoms with Gasteiger partial charge in [-0.05, 0) is 30.0 Å². The summed E-state index contributed by atoms with van der Waals surface area (Å²) in [5.74, 6) is -0.227. The van der Waals surface area contributed by atoms with Crippen molar-refractivity contribution in [3.05, 3.63) is 66.7 Å². The second-order valence-corrected chi connectivity index (χ2v) is 5.51. The lowest BCUT2D eigenvalue weighted by Crippen LogP contribution is -2.02. The zero-order valence-corrected chi connectivity index (χ0v) is 13.6. The standard InChI is InChI=1S/C20H18N2O3/c23-19(24)11-6-14-25-18-13-12-15-7-4-5-10-17(15)20(18)22-21-16-8-2-1-3-9-16/h1-5,7-10,12-13H,6,11,14H2,(H,23,24). The van der Waals surface area contributed by atoms with Gasteiger partial charge in [-0.15, -0.1) is 5.11 Å². The van der Waals surface area contributed by atoms with Crippen LogP contribution in [0.1, 0.15) is 12.8 Å². The van der Waals surface area contributed by atoms with Crippen LogP contribution in [-0.4, -0.2) is 17.7 Å². The van der Waals surface area contributed by atoms with Crippen molar-refractivity contribution in [2.75, 3.05) is 6.61 Å². The summed E-state index contributed by atoms with van der Waals surface area (Å²) in [6.07, 6.45) is 0.520. The van der Waals surface area contributed by atoms with Crippen molar-refractivity contribution < 1.29 is 14.6 Å². The van der Waals surface area contributed by atoms with Crippen molar-refractivity contribution >= 4 is 28.1 Å². The fraction of sp³-hybridized carbons (Fsp3) is 0.150. The minimum Gasteiger partial charge on any atom is -0.491 e. The van der Waals surface area contributed by atoms with E-state index in [1.54, 1.807) is 0 Å². The third-order valence-electron chi connectivity index (χ3n) is 3.68. The number of rotatable bonds is 7. The minimum absolute atomic E-state index is 0.0778. The summed E-state index contributed by atoms with van der Waals surface area (Å²) in [6, 6.07) is 21.2. The normalized spacial score (nSPS) is 11.0. The summed E-state index contributed by atoms with van der Waals surface area (Å²) in [4.78, 5) is 10.6. The van der Waals surface area contributed by atoms with E-state index in [4.69, 9.17) is 9.84 Å². The molecule has 126 valence electrons. The van der Waals surface area contributed by atoms with Gasteiger partial charge in [0.2, 0.25) is 0 Å². The highest BCUT2D eigenvalue weighted by atomic mass is 16.5. The molecular formula is C20H18N2O3. The van der Waals surface area contributed by atoms with Crippen molar-refractivity contribution in [3.8, 4) is 5.75 Å². The summed E-state index contributed by atoms with van der Waals surface area (Å²) >= 11 is 0. The van der Waals surface area contributed by atoms with Crippen LogP contribution in [0, 0.1) is 0 Å². The molecule has 3 aromatic carbocycles. The molecule has 0 unspecified atom stereocenters. The molecule has 3 rings (SSSR count). The van der Waals surface area contributed by atoms with Gasteiger partial charge in [0.15, 0.2) is 0 Å². The molecule has 3 aromatic rings. The number of carboxylic acid groups (broad SMARTS) is 1. The number of benzene rings is 3. The predicted molar refractivity (Wildman–Crippen MR) is 96.9 cm³/mol. The maximum Gasteiger partial charge on any atom is 0.303 e. The van der Waals surface area contributed by atoms with E-state index >= 15 is 0 Å². The topological polar surface area (TPSA) is 71.2 Å². The average molecular weight is 334 g/mol. The molecule has 25 heavy (non-hydrogen) atoms. The zero-order chi connectivity index (χ0) is 17.5. The molecule has 0 amide bonds. The number of fused-ring (bicyclic) bond motifs is 1. The lowest BCUT2D eigenvalue weighted by Gasteiger charge is -2.10. The molecule has 0 radical (unpaired) electrons. The van der Waals surface area contributed by atoms with Gasteiger partial charge in [-0.1, -0.05) is 48.5 Å². The molecule has 0 spiro atoms. The summed E-state index contributed by atoms with van der Waals surface area (Å²) in [5, 5.41) is 19.4. The Hall–Kier alpha value is -3.21. The first-order chi connectivity index (χ1) is 12.2. The van der Waals surface area contributed by atoms with Crippen LogP contribution in [0.25, 0.3) is 10.8 Å². The lowest BCUT2D eigenvalue weighted by atomic mass is 10.1. The molecule has 0 fully saturated rings. The Bertz CT molecular complexity index is 892. The van der Waals surface area contributed by atoms with Crippen LogP contribution >= 0.6 is 0 Å². The highest BCUT2D eigenvalue weighted by Gasteiger charge is 2.09. The number of carboxylic acids is 1. The molecule has 0 saturated carbocycles. The Morgan fingerprint density at radius 3 is 2.48 bits per heavy atom. The first-order valence-corrected chi connectivity index (χ1v) is 8.07. The third kappa shape index (κ3) is 4.41. The second-order valence-electron chi connectivity index (χ2n) is 5.51. The quantitative estimate of drug-likeness (QED) is 0.458. The molecule has 0 aliphatic rings. The number of hydrogen-bond acceptors (Lipinski definition) is 4. The van der Waals surface area contributed by atoms with Crippen LogP contribution in [-0.2, 0) is 4.79 Å². The molecule has 0 aromatic heterocycles. The Morgan fingerprint density at radius 1 is 0.920 bits per heavy atom. The largest absolute Gasteiger partial charge is 0.491 e. The summed E-state index contributed by atoms with van der Waals surface area (Å²) < 4.78 is 5.77. The molecule has 0 saturated heterocycles. The van der Waals surface area contributed by atoms with E-state index in [0.29, 0.717) is 24.5 Å². The van der Waals surface area contributed by atoms with Gasteiger partial charge in [0.25, 0.3) is 0 Å². The van der Waals surface area contributed by atoms with Gasteiger partial charge in [-0.2, -0.15) is 5.11 Å². The fourth-order valence-corrected chi connectivity index (χ4v) is 2.46. The molecule has 5 heteroatoms. The second kappa shape index (κ2) is 8.06. The van der Waals surface area contributed by atoms with E-state index in [0.717, 1.165) is 16.5 Å². The van der Waals surface area contributed by atoms with Gasteiger partial charge >= 0.3 is 5.97 Å². The van der Waals surface area contributed by atoms with Crippen LogP contribution in [0.15, 0.2) is 77.0 Å². The van der Waals surface area contributed by atoms with Gasteiger partial charge in [0.1, 0.15) is 11.4 Å². The van der Waals surface area contributed by atoms with Crippen LogP contribution in [0.4, 0.5) is 11.4 Å². The number of azo groups is 1. The number of ether oxygens (including phenoxy) is 1. The Morgan fingerprint density at radius 2 is 1.68 bits per heavy atom. The van der Waals surface area contributed by atoms with E-state index in [1.807, 2.05) is 66.7 Å². The molecule has 0 aliphatic carbocycles. The van der Waals surface area contributed by atoms with Gasteiger partial charge in [0.05, 0.1) is 12.3 Å². The van der Waals surface area contributed by atoms with Crippen molar-refractivity contribution in [2.24, 2.45) is 10.2 Å². The Balaban J connectivity index is 1.90. The minimum atomic E-state index is -0.828. The van der Waals surface area contributed by atoms with Crippen molar-refractivity contribution in [3.63, 3.8) is 0 Å². The summed E-state index contributed by atoms with van der Waals surface area (Å²) in [7, 11) is 0. The molecule has 1 N–H and O–H groups in total. The molecule has 0 heterocycles. The molecule has 5 nitrogen and oxygen atoms in total. The van der Waals surface area contributed by atoms with E-state index in [-0.39, 0.29) is 6.42 Å². The predicted octanol–water partition coefficient (Wildman–Crippen LogP) is 5.50. The van der Waals surface area contributed by atoms with Crippen molar-refractivity contribution in [1.82, 2.24) is 0 Å². The van der Waals surface area contributed by atoms with E-state index < -0.39 is 5.97 Å². The van der Waals surface area contributed by atoms with E-state index in [9.17, 15) is 4.79 Å². The number of aliphatic carboxylic acids is 1. The highest BCUT2D eigenvalue weighted by molar-refractivity contribution is 5.95. The molecule has 0 aliphatic heterocycles. The number of nitrogens with zero attached hydrogens (tertiary/aromatic N) is 2. The van der Waals surface area contributed by atoms with Gasteiger partial charge in [-0.25, -0.2) is 0 Å². The smallest absolute Gasteiger partial charge is 0.303 e. The summed E-state index contributed by atoms with van der Waals surface area (Å²) in [6.45, 7) is 0.318. The van der Waals surface area contributed by atoms with Gasteiger partial charge in [-0.3, -0.25) is 4.79 Å². The van der Waals surface area contributed by atoms with Crippen LogP contribution < -0.4 is 4.74 Å². The molecular weight excluding hydrogens is 316 g/mol. The maximum atomic E-state index is 10.6. The van der Waals surface area contributed by atoms with Crippen LogP contribution in [0.3, 0.4) is 0 Å². The Labute approximate surface area is 145 Å². The monoisotopic (exact) mass is 334 g/mol. The van der Waals surface area contributed by atoms with Gasteiger partial charge < -0.3 is 9.84 Å². The SMILES string of the molecule is O=C(O)CCCOc1ccc2ccccc2c1N=Nc1ccccc1. The van der Waals surface area contributed by atoms with E-state index in [2.05, 4.69) is 10.2 Å². The highest BCUT2D eigenvalue weighted by Crippen LogP contribution is 2.37. The number of carbonyl (C=O) groups is 1. The average Bonchev–Trinajstić information content (AvgIpc) is 2.64. The van der Waals surface area contributed by atoms with Crippen LogP contribution in [0.2, 0.25) is 0 Å². The fourth-order valence-electron chi connectivity index (χ4n) is 2.46. The Kier molecular flexibility index (Phi) is 5.36. The third-order valence-corrected chi connectivity index (χ3v) is 3.68. The van der Waals surface area contributed by atoms with Crippen molar-refractivity contribution in [2.45, 2.75) is 12.8 Å². The number of hydrogen-bond donors (Lipinski definition) is 1. The first-order valence-electron chi connectivity index (χ1n) is 8.07. The van der Waals surface area contributed by atoms with E-state index in [1.165, 1.54) is 0 Å². The summed E-state index contributed by atoms with van der Waals surface area (Å²) in [5.41, 5.74) is 1.41. The van der Waals surface area contributed by atoms with Gasteiger partial charge in [0, 0.05) is 11.8 Å². The lowest BCUT2D eigenvalue weighted by molar-refractivity contribution is -0.137. The first kappa shape index (κ1) is 16.6. The molecule has 0 bridgehead atoms. The van der Waals surface area contributed by atoms with Crippen molar-refractivity contribution in [1.29, 1.82) is 0 Å². The van der Waals surface area contributed by atoms with Crippen LogP contribution in [0.5, 0.6) is 5.75 Å². The molecule has 0 atom stereocenters.